The van der Waals surface area contributed by atoms with Crippen LogP contribution in [0.15, 0.2) is 69.2 Å². The Labute approximate surface area is 208 Å². The van der Waals surface area contributed by atoms with Crippen LogP contribution in [0.1, 0.15) is 11.1 Å². The smallest absolute Gasteiger partial charge is 0.291 e. The molecule has 5 aromatic rings. The summed E-state index contributed by atoms with van der Waals surface area (Å²) in [6, 6.07) is 16.8. The Morgan fingerprint density at radius 3 is 2.61 bits per heavy atom. The van der Waals surface area contributed by atoms with E-state index in [1.54, 1.807) is 17.0 Å². The number of carbonyl (C=O) groups is 1. The summed E-state index contributed by atoms with van der Waals surface area (Å²) in [7, 11) is 0. The van der Waals surface area contributed by atoms with E-state index in [4.69, 9.17) is 11.6 Å². The van der Waals surface area contributed by atoms with Gasteiger partial charge >= 0.3 is 0 Å². The van der Waals surface area contributed by atoms with Crippen molar-refractivity contribution in [2.24, 2.45) is 0 Å². The molecule has 2 aromatic carbocycles. The molecule has 3 aromatic heterocycles. The van der Waals surface area contributed by atoms with Crippen LogP contribution in [0, 0.1) is 0 Å². The second-order valence-corrected chi connectivity index (χ2v) is 10.7. The maximum atomic E-state index is 13.6. The van der Waals surface area contributed by atoms with E-state index in [2.05, 4.69) is 26.0 Å². The zero-order chi connectivity index (χ0) is 22.7. The summed E-state index contributed by atoms with van der Waals surface area (Å²) in [6.07, 6.45) is 0. The Kier molecular flexibility index (Phi) is 4.95. The highest BCUT2D eigenvalue weighted by Crippen LogP contribution is 2.38. The molecule has 1 aliphatic heterocycles. The van der Waals surface area contributed by atoms with Crippen LogP contribution < -0.4 is 15.0 Å². The van der Waals surface area contributed by atoms with E-state index in [-0.39, 0.29) is 11.5 Å². The molecule has 10 heteroatoms. The number of aromatic nitrogens is 3. The molecule has 0 unspecified atom stereocenters. The molecule has 0 N–H and O–H groups in total. The van der Waals surface area contributed by atoms with Gasteiger partial charge in [0, 0.05) is 15.1 Å². The largest absolute Gasteiger partial charge is 0.303 e. The molecular weight excluding hydrogens is 544 g/mol. The zero-order valence-electron chi connectivity index (χ0n) is 16.7. The first-order valence-electron chi connectivity index (χ1n) is 9.83. The van der Waals surface area contributed by atoms with Gasteiger partial charge < -0.3 is 4.90 Å². The van der Waals surface area contributed by atoms with Crippen molar-refractivity contribution < 1.29 is 4.79 Å². The SMILES string of the molecule is O=C1C(=c2sc3nc(-c4cccs4)nn3c2=O)c2cc(Br)ccc2N1Cc1ccc(Cl)cc1. The standard InChI is InChI=1S/C23H12BrClN4O2S2/c24-13-5-8-16-15(10-13)18(21(30)28(16)11-12-3-6-14(25)7-4-12)19-22(31)29-23(33-19)26-20(27-29)17-2-1-9-32-17/h1-10H,11H2. The van der Waals surface area contributed by atoms with Crippen molar-refractivity contribution in [3.05, 3.63) is 95.5 Å². The summed E-state index contributed by atoms with van der Waals surface area (Å²) < 4.78 is 2.45. The van der Waals surface area contributed by atoms with Crippen molar-refractivity contribution in [1.82, 2.24) is 14.6 Å². The predicted molar refractivity (Wildman–Crippen MR) is 135 cm³/mol. The molecule has 1 aliphatic rings. The predicted octanol–water partition coefficient (Wildman–Crippen LogP) is 4.76. The van der Waals surface area contributed by atoms with Crippen LogP contribution in [0.4, 0.5) is 5.69 Å². The van der Waals surface area contributed by atoms with E-state index in [1.807, 2.05) is 47.8 Å². The van der Waals surface area contributed by atoms with Crippen LogP contribution in [0.5, 0.6) is 0 Å². The summed E-state index contributed by atoms with van der Waals surface area (Å²) in [6.45, 7) is 0.367. The topological polar surface area (TPSA) is 67.6 Å². The van der Waals surface area contributed by atoms with Crippen LogP contribution in [0.2, 0.25) is 5.02 Å². The van der Waals surface area contributed by atoms with Gasteiger partial charge in [0.05, 0.1) is 22.7 Å². The van der Waals surface area contributed by atoms with E-state index in [0.29, 0.717) is 38.0 Å². The summed E-state index contributed by atoms with van der Waals surface area (Å²) in [5.74, 6) is 0.285. The monoisotopic (exact) mass is 554 g/mol. The Morgan fingerprint density at radius 2 is 1.88 bits per heavy atom. The minimum absolute atomic E-state index is 0.224. The number of anilines is 1. The van der Waals surface area contributed by atoms with Crippen molar-refractivity contribution in [2.75, 3.05) is 4.90 Å². The maximum absolute atomic E-state index is 13.6. The fraction of sp³-hybridized carbons (Fsp3) is 0.0435. The molecule has 0 saturated carbocycles. The number of thiazole rings is 1. The van der Waals surface area contributed by atoms with Gasteiger partial charge in [0.25, 0.3) is 11.5 Å². The van der Waals surface area contributed by atoms with E-state index >= 15 is 0 Å². The van der Waals surface area contributed by atoms with Crippen LogP contribution in [0.3, 0.4) is 0 Å². The zero-order valence-corrected chi connectivity index (χ0v) is 20.6. The molecule has 0 spiro atoms. The highest BCUT2D eigenvalue weighted by molar-refractivity contribution is 9.10. The molecule has 0 fully saturated rings. The van der Waals surface area contributed by atoms with Crippen molar-refractivity contribution in [3.8, 4) is 10.7 Å². The third kappa shape index (κ3) is 3.43. The number of amides is 1. The summed E-state index contributed by atoms with van der Waals surface area (Å²) in [5, 5.41) is 6.96. The number of hydrogen-bond donors (Lipinski definition) is 0. The molecule has 1 amide bonds. The van der Waals surface area contributed by atoms with Gasteiger partial charge in [-0.25, -0.2) is 0 Å². The van der Waals surface area contributed by atoms with E-state index in [0.717, 1.165) is 20.6 Å². The lowest BCUT2D eigenvalue weighted by molar-refractivity contribution is -0.113. The van der Waals surface area contributed by atoms with Gasteiger partial charge in [-0.15, -0.1) is 16.4 Å². The van der Waals surface area contributed by atoms with Crippen molar-refractivity contribution >= 4 is 72.3 Å². The van der Waals surface area contributed by atoms with Gasteiger partial charge in [0.15, 0.2) is 5.82 Å². The van der Waals surface area contributed by atoms with Crippen molar-refractivity contribution in [3.63, 3.8) is 0 Å². The summed E-state index contributed by atoms with van der Waals surface area (Å²) in [5.41, 5.74) is 2.44. The number of hydrogen-bond acceptors (Lipinski definition) is 6. The Hall–Kier alpha value is -2.85. The molecule has 6 nitrogen and oxygen atoms in total. The number of nitrogens with zero attached hydrogens (tertiary/aromatic N) is 4. The molecule has 0 atom stereocenters. The van der Waals surface area contributed by atoms with Crippen LogP contribution in [-0.4, -0.2) is 20.5 Å². The van der Waals surface area contributed by atoms with Crippen LogP contribution >= 0.6 is 50.2 Å². The summed E-state index contributed by atoms with van der Waals surface area (Å²) in [4.78, 5) is 34.5. The van der Waals surface area contributed by atoms with E-state index in [1.165, 1.54) is 27.2 Å². The lowest BCUT2D eigenvalue weighted by Crippen LogP contribution is -2.32. The van der Waals surface area contributed by atoms with Crippen molar-refractivity contribution in [1.29, 1.82) is 0 Å². The average Bonchev–Trinajstić information content (AvgIpc) is 3.56. The van der Waals surface area contributed by atoms with Gasteiger partial charge in [-0.1, -0.05) is 57.1 Å². The minimum Gasteiger partial charge on any atom is -0.303 e. The first-order valence-corrected chi connectivity index (χ1v) is 12.7. The van der Waals surface area contributed by atoms with Crippen LogP contribution in [0.25, 0.3) is 21.2 Å². The van der Waals surface area contributed by atoms with Gasteiger partial charge in [-0.2, -0.15) is 9.50 Å². The maximum Gasteiger partial charge on any atom is 0.291 e. The Morgan fingerprint density at radius 1 is 1.06 bits per heavy atom. The summed E-state index contributed by atoms with van der Waals surface area (Å²) >= 11 is 12.2. The third-order valence-electron chi connectivity index (χ3n) is 5.36. The number of carbonyl (C=O) groups excluding carboxylic acids is 1. The first kappa shape index (κ1) is 20.7. The normalized spacial score (nSPS) is 15.0. The fourth-order valence-electron chi connectivity index (χ4n) is 3.85. The number of fused-ring (bicyclic) bond motifs is 2. The first-order chi connectivity index (χ1) is 16.0. The Balaban J connectivity index is 1.52. The molecular formula is C23H12BrClN4O2S2. The van der Waals surface area contributed by atoms with E-state index < -0.39 is 0 Å². The van der Waals surface area contributed by atoms with E-state index in [9.17, 15) is 9.59 Å². The molecule has 0 radical (unpaired) electrons. The van der Waals surface area contributed by atoms with Crippen LogP contribution in [-0.2, 0) is 11.3 Å². The lowest BCUT2D eigenvalue weighted by Gasteiger charge is -2.17. The number of halogens is 2. The molecule has 162 valence electrons. The van der Waals surface area contributed by atoms with Crippen molar-refractivity contribution in [2.45, 2.75) is 6.54 Å². The minimum atomic E-state index is -0.340. The third-order valence-corrected chi connectivity index (χ3v) is 8.00. The second-order valence-electron chi connectivity index (χ2n) is 7.40. The van der Waals surface area contributed by atoms with Gasteiger partial charge in [-0.05, 0) is 47.3 Å². The second kappa shape index (κ2) is 7.88. The van der Waals surface area contributed by atoms with Gasteiger partial charge in [0.2, 0.25) is 4.96 Å². The quantitative estimate of drug-likeness (QED) is 0.322. The number of rotatable bonds is 3. The fourth-order valence-corrected chi connectivity index (χ4v) is 5.99. The molecule has 0 aliphatic carbocycles. The highest BCUT2D eigenvalue weighted by atomic mass is 79.9. The number of thiophene rings is 1. The molecule has 0 bridgehead atoms. The van der Waals surface area contributed by atoms with Gasteiger partial charge in [0.1, 0.15) is 4.53 Å². The van der Waals surface area contributed by atoms with Gasteiger partial charge in [-0.3, -0.25) is 9.59 Å². The Bertz CT molecular complexity index is 1660. The average molecular weight is 556 g/mol. The molecule has 6 rings (SSSR count). The molecule has 0 saturated heterocycles. The molecule has 4 heterocycles. The highest BCUT2D eigenvalue weighted by Gasteiger charge is 2.34. The number of benzene rings is 2. The lowest BCUT2D eigenvalue weighted by atomic mass is 10.1. The molecule has 33 heavy (non-hydrogen) atoms.